The van der Waals surface area contributed by atoms with Crippen LogP contribution in [0.3, 0.4) is 0 Å². The molecule has 1 amide bonds. The lowest BCUT2D eigenvalue weighted by atomic mass is 9.99. The molecule has 1 aliphatic rings. The van der Waals surface area contributed by atoms with Crippen LogP contribution in [-0.4, -0.2) is 46.4 Å². The van der Waals surface area contributed by atoms with E-state index in [1.165, 1.54) is 0 Å². The van der Waals surface area contributed by atoms with Crippen LogP contribution in [0.15, 0.2) is 42.7 Å². The van der Waals surface area contributed by atoms with E-state index in [0.29, 0.717) is 5.92 Å². The van der Waals surface area contributed by atoms with Gasteiger partial charge in [-0.05, 0) is 37.1 Å². The molecule has 1 saturated heterocycles. The Morgan fingerprint density at radius 2 is 2.04 bits per heavy atom. The molecule has 1 fully saturated rings. The second kappa shape index (κ2) is 7.36. The van der Waals surface area contributed by atoms with Crippen molar-refractivity contribution in [1.29, 1.82) is 0 Å². The molecule has 1 N–H and O–H groups in total. The van der Waals surface area contributed by atoms with E-state index in [9.17, 15) is 4.79 Å². The summed E-state index contributed by atoms with van der Waals surface area (Å²) in [6.45, 7) is 14.6. The first-order valence-corrected chi connectivity index (χ1v) is 9.21. The number of benzene rings is 1. The number of hydrogen-bond acceptors (Lipinski definition) is 4. The lowest BCUT2D eigenvalue weighted by Gasteiger charge is -2.45. The maximum Gasteiger partial charge on any atom is 0.219 e. The fourth-order valence-corrected chi connectivity index (χ4v) is 3.59. The highest BCUT2D eigenvalue weighted by atomic mass is 16.2. The zero-order valence-electron chi connectivity index (χ0n) is 16.1. The zero-order valence-corrected chi connectivity index (χ0v) is 16.1. The normalized spacial score (nSPS) is 17.7. The van der Waals surface area contributed by atoms with Gasteiger partial charge in [0.15, 0.2) is 0 Å². The van der Waals surface area contributed by atoms with Gasteiger partial charge in [-0.15, -0.1) is 0 Å². The lowest BCUT2D eigenvalue weighted by molar-refractivity contribution is -0.131. The number of nitrogens with one attached hydrogen (secondary N) is 1. The van der Waals surface area contributed by atoms with Crippen LogP contribution in [-0.2, 0) is 4.79 Å². The van der Waals surface area contributed by atoms with Crippen molar-refractivity contribution in [3.05, 3.63) is 48.4 Å². The van der Waals surface area contributed by atoms with Crippen LogP contribution in [0.25, 0.3) is 10.9 Å². The summed E-state index contributed by atoms with van der Waals surface area (Å²) in [7, 11) is 0. The minimum absolute atomic E-state index is 0.143. The summed E-state index contributed by atoms with van der Waals surface area (Å²) in [6, 6.07) is 10.5. The van der Waals surface area contributed by atoms with Crippen LogP contribution in [0.1, 0.15) is 26.5 Å². The highest BCUT2D eigenvalue weighted by Crippen LogP contribution is 2.26. The van der Waals surface area contributed by atoms with Crippen molar-refractivity contribution in [2.75, 3.05) is 25.0 Å². The van der Waals surface area contributed by atoms with E-state index in [1.807, 2.05) is 30.0 Å². The van der Waals surface area contributed by atoms with Crippen molar-refractivity contribution < 1.29 is 4.79 Å². The van der Waals surface area contributed by atoms with Crippen LogP contribution in [0, 0.1) is 12.8 Å². The van der Waals surface area contributed by atoms with Gasteiger partial charge < -0.3 is 15.1 Å². The Bertz CT molecular complexity index is 830. The van der Waals surface area contributed by atoms with Crippen LogP contribution in [0.4, 0.5) is 5.69 Å². The number of piperazine rings is 1. The fourth-order valence-electron chi connectivity index (χ4n) is 3.59. The molecule has 0 bridgehead atoms. The number of nitrogens with zero attached hydrogens (tertiary/aromatic N) is 3. The number of carbonyl (C=O) groups is 1. The average molecular weight is 352 g/mol. The highest BCUT2D eigenvalue weighted by Gasteiger charge is 2.31. The average Bonchev–Trinajstić information content (AvgIpc) is 2.60. The second-order valence-corrected chi connectivity index (χ2v) is 7.37. The summed E-state index contributed by atoms with van der Waals surface area (Å²) < 4.78 is 0. The van der Waals surface area contributed by atoms with E-state index in [0.717, 1.165) is 47.7 Å². The molecule has 1 aromatic carbocycles. The van der Waals surface area contributed by atoms with E-state index in [1.54, 1.807) is 6.92 Å². The highest BCUT2D eigenvalue weighted by molar-refractivity contribution is 5.92. The van der Waals surface area contributed by atoms with Gasteiger partial charge in [0.05, 0.1) is 17.4 Å². The number of amides is 1. The molecule has 1 atom stereocenters. The minimum Gasteiger partial charge on any atom is -0.352 e. The molecular weight excluding hydrogens is 324 g/mol. The van der Waals surface area contributed by atoms with Gasteiger partial charge in [0.25, 0.3) is 0 Å². The second-order valence-electron chi connectivity index (χ2n) is 7.37. The van der Waals surface area contributed by atoms with Crippen LogP contribution < -0.4 is 5.32 Å². The van der Waals surface area contributed by atoms with Crippen LogP contribution >= 0.6 is 0 Å². The van der Waals surface area contributed by atoms with Crippen LogP contribution in [0.2, 0.25) is 0 Å². The van der Waals surface area contributed by atoms with Crippen molar-refractivity contribution >= 4 is 22.5 Å². The number of pyridine rings is 1. The predicted molar refractivity (Wildman–Crippen MR) is 107 cm³/mol. The van der Waals surface area contributed by atoms with E-state index in [2.05, 4.69) is 47.8 Å². The quantitative estimate of drug-likeness (QED) is 0.913. The Kier molecular flexibility index (Phi) is 5.16. The molecule has 0 spiro atoms. The van der Waals surface area contributed by atoms with E-state index in [4.69, 9.17) is 0 Å². The molecule has 5 heteroatoms. The van der Waals surface area contributed by atoms with Crippen molar-refractivity contribution in [2.24, 2.45) is 5.92 Å². The molecule has 1 aliphatic heterocycles. The van der Waals surface area contributed by atoms with Crippen LogP contribution in [0.5, 0.6) is 0 Å². The molecule has 26 heavy (non-hydrogen) atoms. The first kappa shape index (κ1) is 18.2. The molecular formula is C21H28N4O. The fraction of sp³-hybridized carbons (Fsp3) is 0.429. The predicted octanol–water partition coefficient (Wildman–Crippen LogP) is 3.62. The number of carbonyl (C=O) groups excluding carboxylic acids is 1. The monoisotopic (exact) mass is 352 g/mol. The summed E-state index contributed by atoms with van der Waals surface area (Å²) in [5, 5.41) is 4.58. The Morgan fingerprint density at radius 3 is 2.73 bits per heavy atom. The molecule has 138 valence electrons. The van der Waals surface area contributed by atoms with E-state index in [-0.39, 0.29) is 11.9 Å². The van der Waals surface area contributed by atoms with Gasteiger partial charge in [0.1, 0.15) is 0 Å². The van der Waals surface area contributed by atoms with Gasteiger partial charge in [-0.3, -0.25) is 9.78 Å². The summed E-state index contributed by atoms with van der Waals surface area (Å²) >= 11 is 0. The zero-order chi connectivity index (χ0) is 18.8. The molecule has 5 nitrogen and oxygen atoms in total. The molecule has 0 aliphatic carbocycles. The molecule has 0 saturated carbocycles. The number of fused-ring (bicyclic) bond motifs is 1. The third-order valence-corrected chi connectivity index (χ3v) is 5.13. The first-order valence-electron chi connectivity index (χ1n) is 9.21. The summed E-state index contributed by atoms with van der Waals surface area (Å²) in [5.74, 6) is 1.44. The molecule has 2 heterocycles. The van der Waals surface area contributed by atoms with Crippen molar-refractivity contribution in [1.82, 2.24) is 14.8 Å². The smallest absolute Gasteiger partial charge is 0.219 e. The minimum atomic E-state index is 0.143. The SMILES string of the molecule is C=C(Nc1cccc2nc(C)ccc12)N1CCN(C(C)=O)CC1C(C)C. The molecule has 1 aromatic heterocycles. The molecule has 0 radical (unpaired) electrons. The van der Waals surface area contributed by atoms with Gasteiger partial charge in [0, 0.05) is 43.3 Å². The van der Waals surface area contributed by atoms with Gasteiger partial charge in [-0.25, -0.2) is 0 Å². The number of anilines is 1. The molecule has 1 unspecified atom stereocenters. The third kappa shape index (κ3) is 3.66. The summed E-state index contributed by atoms with van der Waals surface area (Å²) in [6.07, 6.45) is 0. The number of hydrogen-bond donors (Lipinski definition) is 1. The number of aromatic nitrogens is 1. The topological polar surface area (TPSA) is 48.5 Å². The van der Waals surface area contributed by atoms with Crippen molar-refractivity contribution in [3.63, 3.8) is 0 Å². The summed E-state index contributed by atoms with van der Waals surface area (Å²) in [5.41, 5.74) is 3.00. The van der Waals surface area contributed by atoms with Gasteiger partial charge >= 0.3 is 0 Å². The van der Waals surface area contributed by atoms with Crippen molar-refractivity contribution in [2.45, 2.75) is 33.7 Å². The van der Waals surface area contributed by atoms with Gasteiger partial charge in [-0.2, -0.15) is 0 Å². The first-order chi connectivity index (χ1) is 12.4. The Labute approximate surface area is 155 Å². The maximum atomic E-state index is 11.8. The van der Waals surface area contributed by atoms with Crippen molar-refractivity contribution in [3.8, 4) is 0 Å². The van der Waals surface area contributed by atoms with Gasteiger partial charge in [0.2, 0.25) is 5.91 Å². The third-order valence-electron chi connectivity index (χ3n) is 5.13. The Balaban J connectivity index is 1.82. The Hall–Kier alpha value is -2.56. The Morgan fingerprint density at radius 1 is 1.27 bits per heavy atom. The molecule has 3 rings (SSSR count). The summed E-state index contributed by atoms with van der Waals surface area (Å²) in [4.78, 5) is 20.6. The van der Waals surface area contributed by atoms with E-state index < -0.39 is 0 Å². The number of rotatable bonds is 4. The largest absolute Gasteiger partial charge is 0.352 e. The van der Waals surface area contributed by atoms with Gasteiger partial charge in [-0.1, -0.05) is 26.5 Å². The van der Waals surface area contributed by atoms with E-state index >= 15 is 0 Å². The number of aryl methyl sites for hydroxylation is 1. The standard InChI is InChI=1S/C21H28N4O/c1-14(2)21-13-24(17(5)26)11-12-25(21)16(4)23-20-8-6-7-19-18(20)10-9-15(3)22-19/h6-10,14,21,23H,4,11-13H2,1-3,5H3. The maximum absolute atomic E-state index is 11.8. The lowest BCUT2D eigenvalue weighted by Crippen LogP contribution is -2.56. The molecule has 2 aromatic rings.